The number of carbonyl (C=O) groups excluding carboxylic acids is 1. The van der Waals surface area contributed by atoms with E-state index in [-0.39, 0.29) is 5.91 Å². The molecule has 1 atom stereocenters. The zero-order valence-electron chi connectivity index (χ0n) is 9.91. The molecule has 0 bridgehead atoms. The Hall–Kier alpha value is -1.14. The van der Waals surface area contributed by atoms with Crippen LogP contribution in [0.3, 0.4) is 0 Å². The van der Waals surface area contributed by atoms with Crippen molar-refractivity contribution in [2.75, 3.05) is 6.54 Å². The van der Waals surface area contributed by atoms with Gasteiger partial charge in [-0.1, -0.05) is 0 Å². The first-order chi connectivity index (χ1) is 8.48. The van der Waals surface area contributed by atoms with E-state index in [1.54, 1.807) is 12.5 Å². The number of nitrogens with zero attached hydrogens (tertiary/aromatic N) is 1. The first-order valence-corrected chi connectivity index (χ1v) is 7.52. The summed E-state index contributed by atoms with van der Waals surface area (Å²) in [5, 5.41) is 3.09. The lowest BCUT2D eigenvalue weighted by molar-refractivity contribution is -0.130. The molecule has 0 radical (unpaired) electrons. The molecule has 7 nitrogen and oxygen atoms in total. The zero-order chi connectivity index (χ0) is 13.2. The SMILES string of the molecule is NP(N)(=O)N1CCC[C@H](NCc2ccoc2)C1=O. The number of nitrogens with two attached hydrogens (primary N) is 2. The summed E-state index contributed by atoms with van der Waals surface area (Å²) in [6, 6.07) is 1.42. The normalized spacial score (nSPS) is 21.3. The van der Waals surface area contributed by atoms with Crippen molar-refractivity contribution in [1.82, 2.24) is 9.99 Å². The van der Waals surface area contributed by atoms with Gasteiger partial charge in [0.2, 0.25) is 5.91 Å². The summed E-state index contributed by atoms with van der Waals surface area (Å²) in [5.41, 5.74) is 11.6. The van der Waals surface area contributed by atoms with Gasteiger partial charge in [-0.25, -0.2) is 0 Å². The molecule has 5 N–H and O–H groups in total. The summed E-state index contributed by atoms with van der Waals surface area (Å²) in [6.07, 6.45) is 4.59. The Kier molecular flexibility index (Phi) is 3.87. The molecule has 1 aliphatic heterocycles. The summed E-state index contributed by atoms with van der Waals surface area (Å²) in [6.45, 7) is 0.868. The predicted octanol–water partition coefficient (Wildman–Crippen LogP) is 0.386. The molecule has 1 aromatic heterocycles. The van der Waals surface area contributed by atoms with Gasteiger partial charge in [0.1, 0.15) is 0 Å². The Morgan fingerprint density at radius 2 is 2.33 bits per heavy atom. The molecule has 0 unspecified atom stereocenters. The maximum absolute atomic E-state index is 12.0. The number of piperidine rings is 1. The van der Waals surface area contributed by atoms with Crippen molar-refractivity contribution < 1.29 is 13.8 Å². The number of furan rings is 1. The molecule has 100 valence electrons. The second-order valence-electron chi connectivity index (χ2n) is 4.34. The van der Waals surface area contributed by atoms with Gasteiger partial charge in [-0.05, 0) is 18.9 Å². The molecular weight excluding hydrogens is 255 g/mol. The molecule has 2 rings (SSSR count). The van der Waals surface area contributed by atoms with Crippen LogP contribution >= 0.6 is 7.59 Å². The second kappa shape index (κ2) is 5.24. The van der Waals surface area contributed by atoms with Gasteiger partial charge < -0.3 is 9.73 Å². The van der Waals surface area contributed by atoms with Gasteiger partial charge in [0.25, 0.3) is 0 Å². The van der Waals surface area contributed by atoms with Gasteiger partial charge >= 0.3 is 7.59 Å². The molecule has 8 heteroatoms. The molecule has 1 aliphatic rings. The van der Waals surface area contributed by atoms with E-state index in [0.29, 0.717) is 19.5 Å². The molecule has 1 aromatic rings. The van der Waals surface area contributed by atoms with Crippen molar-refractivity contribution >= 4 is 13.5 Å². The number of carbonyl (C=O) groups is 1. The summed E-state index contributed by atoms with van der Waals surface area (Å²) in [5.74, 6) is -0.293. The van der Waals surface area contributed by atoms with Crippen molar-refractivity contribution in [3.05, 3.63) is 24.2 Å². The van der Waals surface area contributed by atoms with E-state index < -0.39 is 13.6 Å². The third kappa shape index (κ3) is 3.00. The minimum absolute atomic E-state index is 0.293. The molecule has 0 saturated carbocycles. The third-order valence-corrected chi connectivity index (χ3v) is 4.08. The highest BCUT2D eigenvalue weighted by Crippen LogP contribution is 2.35. The molecule has 1 saturated heterocycles. The van der Waals surface area contributed by atoms with Gasteiger partial charge in [0, 0.05) is 18.7 Å². The van der Waals surface area contributed by atoms with E-state index in [2.05, 4.69) is 5.32 Å². The fourth-order valence-corrected chi connectivity index (χ4v) is 2.89. The van der Waals surface area contributed by atoms with Crippen LogP contribution in [-0.2, 0) is 15.9 Å². The van der Waals surface area contributed by atoms with Crippen LogP contribution < -0.4 is 16.3 Å². The number of hydrogen-bond acceptors (Lipinski definition) is 4. The standard InChI is InChI=1S/C10H17N4O3P/c11-18(12,16)14-4-1-2-9(10(14)15)13-6-8-3-5-17-7-8/h3,5,7,9,13H,1-2,4,6H2,(H4,11,12,16)/t9-/m0/s1. The molecule has 0 aliphatic carbocycles. The fraction of sp³-hybridized carbons (Fsp3) is 0.500. The summed E-state index contributed by atoms with van der Waals surface area (Å²) >= 11 is 0. The monoisotopic (exact) mass is 272 g/mol. The quantitative estimate of drug-likeness (QED) is 0.683. The average Bonchev–Trinajstić information content (AvgIpc) is 2.79. The van der Waals surface area contributed by atoms with Crippen molar-refractivity contribution in [2.24, 2.45) is 11.0 Å². The van der Waals surface area contributed by atoms with Gasteiger partial charge in [-0.3, -0.25) is 25.0 Å². The van der Waals surface area contributed by atoms with E-state index in [0.717, 1.165) is 16.7 Å². The second-order valence-corrected chi connectivity index (χ2v) is 6.17. The fourth-order valence-electron chi connectivity index (χ4n) is 1.99. The van der Waals surface area contributed by atoms with Crippen LogP contribution in [0.4, 0.5) is 0 Å². The minimum Gasteiger partial charge on any atom is -0.472 e. The lowest BCUT2D eigenvalue weighted by atomic mass is 10.1. The van der Waals surface area contributed by atoms with Crippen molar-refractivity contribution in [3.8, 4) is 0 Å². The number of amides is 1. The van der Waals surface area contributed by atoms with Crippen LogP contribution in [0.15, 0.2) is 23.0 Å². The van der Waals surface area contributed by atoms with Crippen LogP contribution in [0.5, 0.6) is 0 Å². The first kappa shape index (κ1) is 13.3. The molecule has 1 amide bonds. The lowest BCUT2D eigenvalue weighted by Gasteiger charge is -2.34. The van der Waals surface area contributed by atoms with Gasteiger partial charge in [-0.2, -0.15) is 0 Å². The Balaban J connectivity index is 1.96. The van der Waals surface area contributed by atoms with Crippen molar-refractivity contribution in [1.29, 1.82) is 0 Å². The maximum atomic E-state index is 12.0. The Morgan fingerprint density at radius 1 is 1.56 bits per heavy atom. The zero-order valence-corrected chi connectivity index (χ0v) is 10.8. The molecule has 0 aromatic carbocycles. The summed E-state index contributed by atoms with van der Waals surface area (Å²) in [7, 11) is -3.49. The van der Waals surface area contributed by atoms with E-state index >= 15 is 0 Å². The largest absolute Gasteiger partial charge is 0.472 e. The highest BCUT2D eigenvalue weighted by molar-refractivity contribution is 7.57. The molecule has 0 spiro atoms. The average molecular weight is 272 g/mol. The van der Waals surface area contributed by atoms with Crippen LogP contribution in [-0.4, -0.2) is 23.2 Å². The Morgan fingerprint density at radius 3 is 2.94 bits per heavy atom. The van der Waals surface area contributed by atoms with Gasteiger partial charge in [0.05, 0.1) is 18.6 Å². The predicted molar refractivity (Wildman–Crippen MR) is 66.3 cm³/mol. The summed E-state index contributed by atoms with van der Waals surface area (Å²) in [4.78, 5) is 12.0. The first-order valence-electron chi connectivity index (χ1n) is 5.72. The van der Waals surface area contributed by atoms with Crippen molar-refractivity contribution in [3.63, 3.8) is 0 Å². The molecular formula is C10H17N4O3P. The number of nitrogens with one attached hydrogen (secondary N) is 1. The van der Waals surface area contributed by atoms with Crippen molar-refractivity contribution in [2.45, 2.75) is 25.4 Å². The lowest BCUT2D eigenvalue weighted by Crippen LogP contribution is -2.50. The summed E-state index contributed by atoms with van der Waals surface area (Å²) < 4.78 is 17.6. The Labute approximate surface area is 105 Å². The van der Waals surface area contributed by atoms with Gasteiger partial charge in [0.15, 0.2) is 0 Å². The molecule has 2 heterocycles. The van der Waals surface area contributed by atoms with Crippen LogP contribution in [0.1, 0.15) is 18.4 Å². The number of hydrogen-bond donors (Lipinski definition) is 3. The number of rotatable bonds is 4. The van der Waals surface area contributed by atoms with Crippen LogP contribution in [0.2, 0.25) is 0 Å². The van der Waals surface area contributed by atoms with E-state index in [1.807, 2.05) is 6.07 Å². The molecule has 1 fully saturated rings. The third-order valence-electron chi connectivity index (χ3n) is 2.93. The highest BCUT2D eigenvalue weighted by Gasteiger charge is 2.35. The maximum Gasteiger partial charge on any atom is 0.302 e. The molecule has 18 heavy (non-hydrogen) atoms. The van der Waals surface area contributed by atoms with E-state index in [4.69, 9.17) is 15.4 Å². The van der Waals surface area contributed by atoms with E-state index in [1.165, 1.54) is 0 Å². The smallest absolute Gasteiger partial charge is 0.302 e. The van der Waals surface area contributed by atoms with Crippen LogP contribution in [0, 0.1) is 0 Å². The Bertz CT molecular complexity index is 456. The topological polar surface area (TPSA) is 115 Å². The van der Waals surface area contributed by atoms with Gasteiger partial charge in [-0.15, -0.1) is 0 Å². The highest BCUT2D eigenvalue weighted by atomic mass is 31.2. The van der Waals surface area contributed by atoms with E-state index in [9.17, 15) is 9.36 Å². The minimum atomic E-state index is -3.49. The van der Waals surface area contributed by atoms with Crippen LogP contribution in [0.25, 0.3) is 0 Å².